The molecule has 1 atom stereocenters. The van der Waals surface area contributed by atoms with Gasteiger partial charge in [-0.05, 0) is 77.0 Å². The van der Waals surface area contributed by atoms with Gasteiger partial charge in [0.1, 0.15) is 6.61 Å². The highest BCUT2D eigenvalue weighted by Gasteiger charge is 2.17. The lowest BCUT2D eigenvalue weighted by Gasteiger charge is -2.18. The predicted octanol–water partition coefficient (Wildman–Crippen LogP) is 17.6. The number of ether oxygens (including phenoxy) is 3. The van der Waals surface area contributed by atoms with E-state index >= 15 is 0 Å². The number of hydrogen-bond donors (Lipinski definition) is 0. The van der Waals surface area contributed by atoms with E-state index in [0.717, 1.165) is 83.5 Å². The van der Waals surface area contributed by atoms with E-state index in [1.54, 1.807) is 0 Å². The molecular formula is C55H100O5. The Labute approximate surface area is 373 Å². The van der Waals surface area contributed by atoms with E-state index < -0.39 is 6.10 Å². The van der Waals surface area contributed by atoms with Gasteiger partial charge in [-0.2, -0.15) is 0 Å². The van der Waals surface area contributed by atoms with Crippen molar-refractivity contribution in [3.05, 3.63) is 48.6 Å². The molecule has 0 spiro atoms. The van der Waals surface area contributed by atoms with Crippen molar-refractivity contribution in [2.24, 2.45) is 0 Å². The van der Waals surface area contributed by atoms with Gasteiger partial charge < -0.3 is 14.2 Å². The van der Waals surface area contributed by atoms with Crippen LogP contribution in [-0.4, -0.2) is 37.9 Å². The molecule has 0 aliphatic rings. The first-order valence-electron chi connectivity index (χ1n) is 26.2. The van der Waals surface area contributed by atoms with Gasteiger partial charge in [-0.25, -0.2) is 0 Å². The third-order valence-corrected chi connectivity index (χ3v) is 11.3. The first-order chi connectivity index (χ1) is 29.6. The monoisotopic (exact) mass is 841 g/mol. The Morgan fingerprint density at radius 1 is 0.367 bits per heavy atom. The number of hydrogen-bond acceptors (Lipinski definition) is 5. The van der Waals surface area contributed by atoms with Crippen LogP contribution < -0.4 is 0 Å². The zero-order valence-corrected chi connectivity index (χ0v) is 40.2. The molecule has 5 nitrogen and oxygen atoms in total. The largest absolute Gasteiger partial charge is 0.462 e. The normalized spacial score (nSPS) is 12.5. The summed E-state index contributed by atoms with van der Waals surface area (Å²) >= 11 is 0. The molecule has 5 heteroatoms. The van der Waals surface area contributed by atoms with E-state index in [-0.39, 0.29) is 25.2 Å². The van der Waals surface area contributed by atoms with Crippen molar-refractivity contribution in [2.75, 3.05) is 19.8 Å². The zero-order chi connectivity index (χ0) is 43.5. The molecule has 0 N–H and O–H groups in total. The highest BCUT2D eigenvalue weighted by atomic mass is 16.6. The molecular weight excluding hydrogens is 741 g/mol. The molecule has 350 valence electrons. The van der Waals surface area contributed by atoms with Crippen molar-refractivity contribution in [1.82, 2.24) is 0 Å². The van der Waals surface area contributed by atoms with Crippen molar-refractivity contribution in [1.29, 1.82) is 0 Å². The highest BCUT2D eigenvalue weighted by Crippen LogP contribution is 2.15. The predicted molar refractivity (Wildman–Crippen MR) is 261 cm³/mol. The van der Waals surface area contributed by atoms with E-state index in [4.69, 9.17) is 14.2 Å². The number of rotatable bonds is 48. The van der Waals surface area contributed by atoms with E-state index in [2.05, 4.69) is 69.4 Å². The van der Waals surface area contributed by atoms with Gasteiger partial charge in [-0.3, -0.25) is 9.59 Å². The summed E-state index contributed by atoms with van der Waals surface area (Å²) in [5.41, 5.74) is 0. The molecule has 0 saturated carbocycles. The van der Waals surface area contributed by atoms with Crippen molar-refractivity contribution in [2.45, 2.75) is 271 Å². The fraction of sp³-hybridized carbons (Fsp3) is 0.818. The smallest absolute Gasteiger partial charge is 0.306 e. The van der Waals surface area contributed by atoms with Crippen molar-refractivity contribution >= 4 is 11.9 Å². The molecule has 0 aromatic rings. The van der Waals surface area contributed by atoms with Gasteiger partial charge in [0, 0.05) is 19.4 Å². The first kappa shape index (κ1) is 57.9. The zero-order valence-electron chi connectivity index (χ0n) is 40.2. The topological polar surface area (TPSA) is 61.8 Å². The number of unbranched alkanes of at least 4 members (excludes halogenated alkanes) is 29. The van der Waals surface area contributed by atoms with Crippen LogP contribution in [0.3, 0.4) is 0 Å². The van der Waals surface area contributed by atoms with Crippen molar-refractivity contribution < 1.29 is 23.8 Å². The molecule has 0 unspecified atom stereocenters. The van der Waals surface area contributed by atoms with Crippen LogP contribution in [0.4, 0.5) is 0 Å². The van der Waals surface area contributed by atoms with Crippen molar-refractivity contribution in [3.63, 3.8) is 0 Å². The van der Waals surface area contributed by atoms with E-state index in [9.17, 15) is 9.59 Å². The van der Waals surface area contributed by atoms with Crippen LogP contribution in [0.2, 0.25) is 0 Å². The van der Waals surface area contributed by atoms with E-state index in [1.807, 2.05) is 0 Å². The summed E-state index contributed by atoms with van der Waals surface area (Å²) in [6.45, 7) is 7.77. The molecule has 0 bridgehead atoms. The van der Waals surface area contributed by atoms with Gasteiger partial charge in [-0.15, -0.1) is 0 Å². The first-order valence-corrected chi connectivity index (χ1v) is 26.2. The Balaban J connectivity index is 4.28. The van der Waals surface area contributed by atoms with Crippen LogP contribution in [-0.2, 0) is 23.8 Å². The minimum atomic E-state index is -0.547. The van der Waals surface area contributed by atoms with Gasteiger partial charge >= 0.3 is 11.9 Å². The SMILES string of the molecule is CCCC/C=C\CCCCCCCC(=O)OC[C@@H](COCCCCCCCCCCCCCCCCCC)OC(=O)CCCCCC/C=C\C/C=C\C/C=C\CCCCC. The lowest BCUT2D eigenvalue weighted by molar-refractivity contribution is -0.163. The maximum absolute atomic E-state index is 12.8. The van der Waals surface area contributed by atoms with Crippen molar-refractivity contribution in [3.8, 4) is 0 Å². The second kappa shape index (κ2) is 51.2. The molecule has 0 heterocycles. The standard InChI is InChI=1S/C55H100O5/c1-4-7-10-13-16-19-22-24-26-28-29-31-34-37-40-43-46-49-55(57)60-53(52-59-54(56)48-45-42-39-36-33-21-18-15-12-9-6-3)51-58-50-47-44-41-38-35-32-30-27-25-23-20-17-14-11-8-5-2/h15-16,18-19,24,26,29,31,53H,4-14,17,20-23,25,27-28,30,32-52H2,1-3H3/b18-15-,19-16-,26-24-,31-29-/t53-/m1/s1. The summed E-state index contributed by atoms with van der Waals surface area (Å²) in [5, 5.41) is 0. The molecule has 0 radical (unpaired) electrons. The van der Waals surface area contributed by atoms with E-state index in [1.165, 1.54) is 148 Å². The molecule has 0 aromatic heterocycles. The van der Waals surface area contributed by atoms with Crippen LogP contribution in [0.1, 0.15) is 265 Å². The lowest BCUT2D eigenvalue weighted by atomic mass is 10.0. The van der Waals surface area contributed by atoms with E-state index in [0.29, 0.717) is 19.4 Å². The summed E-state index contributed by atoms with van der Waals surface area (Å²) in [4.78, 5) is 25.3. The fourth-order valence-electron chi connectivity index (χ4n) is 7.38. The van der Waals surface area contributed by atoms with Gasteiger partial charge in [-0.1, -0.05) is 223 Å². The maximum Gasteiger partial charge on any atom is 0.306 e. The average Bonchev–Trinajstić information content (AvgIpc) is 3.25. The molecule has 0 aliphatic carbocycles. The Bertz CT molecular complexity index is 997. The third kappa shape index (κ3) is 48.5. The number of carbonyl (C=O) groups is 2. The minimum Gasteiger partial charge on any atom is -0.462 e. The fourth-order valence-corrected chi connectivity index (χ4v) is 7.38. The summed E-state index contributed by atoms with van der Waals surface area (Å²) in [6, 6.07) is 0. The number of carbonyl (C=O) groups excluding carboxylic acids is 2. The molecule has 0 amide bonds. The Hall–Kier alpha value is -2.14. The van der Waals surface area contributed by atoms with Crippen LogP contribution in [0.25, 0.3) is 0 Å². The maximum atomic E-state index is 12.8. The van der Waals surface area contributed by atoms with Gasteiger partial charge in [0.05, 0.1) is 6.61 Å². The molecule has 0 aliphatic heterocycles. The van der Waals surface area contributed by atoms with Crippen LogP contribution >= 0.6 is 0 Å². The van der Waals surface area contributed by atoms with Crippen LogP contribution in [0, 0.1) is 0 Å². The second-order valence-electron chi connectivity index (χ2n) is 17.4. The van der Waals surface area contributed by atoms with Gasteiger partial charge in [0.2, 0.25) is 0 Å². The molecule has 0 aromatic carbocycles. The summed E-state index contributed by atoms with van der Waals surface area (Å²) < 4.78 is 17.4. The Kier molecular flexibility index (Phi) is 49.4. The highest BCUT2D eigenvalue weighted by molar-refractivity contribution is 5.70. The van der Waals surface area contributed by atoms with Crippen LogP contribution in [0.5, 0.6) is 0 Å². The quantitative estimate of drug-likeness (QED) is 0.0347. The third-order valence-electron chi connectivity index (χ3n) is 11.3. The number of allylic oxidation sites excluding steroid dienone is 8. The second-order valence-corrected chi connectivity index (χ2v) is 17.4. The Morgan fingerprint density at radius 2 is 0.717 bits per heavy atom. The van der Waals surface area contributed by atoms with Gasteiger partial charge in [0.15, 0.2) is 6.10 Å². The summed E-state index contributed by atoms with van der Waals surface area (Å²) in [6.07, 6.45) is 62.6. The molecule has 0 saturated heterocycles. The Morgan fingerprint density at radius 3 is 1.22 bits per heavy atom. The molecule has 0 rings (SSSR count). The van der Waals surface area contributed by atoms with Crippen LogP contribution in [0.15, 0.2) is 48.6 Å². The summed E-state index contributed by atoms with van der Waals surface area (Å²) in [7, 11) is 0. The molecule has 0 fully saturated rings. The summed E-state index contributed by atoms with van der Waals surface area (Å²) in [5.74, 6) is -0.423. The minimum absolute atomic E-state index is 0.0746. The van der Waals surface area contributed by atoms with Gasteiger partial charge in [0.25, 0.3) is 0 Å². The average molecular weight is 841 g/mol. The lowest BCUT2D eigenvalue weighted by Crippen LogP contribution is -2.30. The number of esters is 2. The molecule has 60 heavy (non-hydrogen) atoms.